The summed E-state index contributed by atoms with van der Waals surface area (Å²) < 4.78 is 4.97. The van der Waals surface area contributed by atoms with Gasteiger partial charge in [-0.1, -0.05) is 19.8 Å². The molecule has 0 aliphatic heterocycles. The summed E-state index contributed by atoms with van der Waals surface area (Å²) >= 11 is 0. The number of rotatable bonds is 7. The molecule has 0 aromatic rings. The lowest BCUT2D eigenvalue weighted by atomic mass is 10.1. The molecule has 2 N–H and O–H groups in total. The van der Waals surface area contributed by atoms with E-state index in [1.165, 1.54) is 0 Å². The third kappa shape index (κ3) is 4.70. The van der Waals surface area contributed by atoms with E-state index in [0.717, 1.165) is 19.3 Å². The van der Waals surface area contributed by atoms with Gasteiger partial charge in [0.05, 0.1) is 18.8 Å². The molecule has 0 aromatic heterocycles. The van der Waals surface area contributed by atoms with Crippen molar-refractivity contribution in [1.82, 2.24) is 5.32 Å². The summed E-state index contributed by atoms with van der Waals surface area (Å²) in [6.45, 7) is 2.69. The van der Waals surface area contributed by atoms with Gasteiger partial charge in [-0.05, 0) is 13.5 Å². The van der Waals surface area contributed by atoms with Crippen LogP contribution in [0.5, 0.6) is 0 Å². The Bertz CT molecular complexity index is 98.5. The number of unbranched alkanes of at least 4 members (excludes halogenated alkanes) is 1. The summed E-state index contributed by atoms with van der Waals surface area (Å²) in [5.74, 6) is 0. The highest BCUT2D eigenvalue weighted by molar-refractivity contribution is 4.73. The van der Waals surface area contributed by atoms with Crippen molar-refractivity contribution in [3.05, 3.63) is 0 Å². The largest absolute Gasteiger partial charge is 0.391 e. The van der Waals surface area contributed by atoms with E-state index in [2.05, 4.69) is 12.2 Å². The zero-order valence-electron chi connectivity index (χ0n) is 8.34. The van der Waals surface area contributed by atoms with Gasteiger partial charge in [0, 0.05) is 7.11 Å². The molecule has 0 bridgehead atoms. The van der Waals surface area contributed by atoms with Crippen molar-refractivity contribution in [2.75, 3.05) is 20.8 Å². The molecule has 74 valence electrons. The predicted molar refractivity (Wildman–Crippen MR) is 50.3 cm³/mol. The standard InChI is InChI=1S/C9H21NO2/c1-4-5-6-9(11)8(10-2)7-12-3/h8-11H,4-7H2,1-3H3. The van der Waals surface area contributed by atoms with Crippen molar-refractivity contribution in [2.45, 2.75) is 38.3 Å². The second-order valence-electron chi connectivity index (χ2n) is 3.06. The highest BCUT2D eigenvalue weighted by Gasteiger charge is 2.15. The van der Waals surface area contributed by atoms with Gasteiger partial charge in [-0.15, -0.1) is 0 Å². The fourth-order valence-electron chi connectivity index (χ4n) is 1.18. The molecule has 0 aromatic carbocycles. The minimum absolute atomic E-state index is 0.0709. The average Bonchev–Trinajstić information content (AvgIpc) is 2.10. The fourth-order valence-corrected chi connectivity index (χ4v) is 1.18. The summed E-state index contributed by atoms with van der Waals surface area (Å²) in [4.78, 5) is 0. The maximum atomic E-state index is 9.63. The van der Waals surface area contributed by atoms with Crippen LogP contribution in [-0.2, 0) is 4.74 Å². The number of hydrogen-bond donors (Lipinski definition) is 2. The van der Waals surface area contributed by atoms with Crippen LogP contribution in [-0.4, -0.2) is 38.0 Å². The van der Waals surface area contributed by atoms with Crippen molar-refractivity contribution in [3.63, 3.8) is 0 Å². The smallest absolute Gasteiger partial charge is 0.0715 e. The van der Waals surface area contributed by atoms with E-state index in [1.54, 1.807) is 7.11 Å². The van der Waals surface area contributed by atoms with E-state index in [1.807, 2.05) is 7.05 Å². The topological polar surface area (TPSA) is 41.5 Å². The van der Waals surface area contributed by atoms with E-state index >= 15 is 0 Å². The van der Waals surface area contributed by atoms with Crippen LogP contribution in [0.1, 0.15) is 26.2 Å². The molecule has 2 atom stereocenters. The number of ether oxygens (including phenoxy) is 1. The lowest BCUT2D eigenvalue weighted by Crippen LogP contribution is -2.41. The Balaban J connectivity index is 3.60. The number of nitrogens with one attached hydrogen (secondary N) is 1. The molecule has 0 amide bonds. The third-order valence-corrected chi connectivity index (χ3v) is 2.03. The van der Waals surface area contributed by atoms with Gasteiger partial charge < -0.3 is 15.2 Å². The quantitative estimate of drug-likeness (QED) is 0.600. The number of aliphatic hydroxyl groups excluding tert-OH is 1. The van der Waals surface area contributed by atoms with Crippen LogP contribution in [0.2, 0.25) is 0 Å². The molecule has 12 heavy (non-hydrogen) atoms. The minimum atomic E-state index is -0.283. The lowest BCUT2D eigenvalue weighted by molar-refractivity contribution is 0.0670. The molecule has 0 radical (unpaired) electrons. The van der Waals surface area contributed by atoms with Crippen molar-refractivity contribution in [2.24, 2.45) is 0 Å². The number of likely N-dealkylation sites (N-methyl/N-ethyl adjacent to an activating group) is 1. The zero-order chi connectivity index (χ0) is 9.40. The Hall–Kier alpha value is -0.120. The van der Waals surface area contributed by atoms with Crippen molar-refractivity contribution >= 4 is 0 Å². The van der Waals surface area contributed by atoms with Gasteiger partial charge in [0.15, 0.2) is 0 Å². The van der Waals surface area contributed by atoms with Crippen LogP contribution in [0.3, 0.4) is 0 Å². The summed E-state index contributed by atoms with van der Waals surface area (Å²) in [5, 5.41) is 12.7. The van der Waals surface area contributed by atoms with Crippen LogP contribution >= 0.6 is 0 Å². The first-order valence-electron chi connectivity index (χ1n) is 4.60. The SMILES string of the molecule is CCCCC(O)C(COC)NC. The van der Waals surface area contributed by atoms with Crippen molar-refractivity contribution in [3.8, 4) is 0 Å². The summed E-state index contributed by atoms with van der Waals surface area (Å²) in [6, 6.07) is 0.0709. The van der Waals surface area contributed by atoms with Crippen LogP contribution in [0, 0.1) is 0 Å². The van der Waals surface area contributed by atoms with Crippen molar-refractivity contribution < 1.29 is 9.84 Å². The lowest BCUT2D eigenvalue weighted by Gasteiger charge is -2.21. The average molecular weight is 175 g/mol. The molecule has 0 saturated heterocycles. The molecule has 0 spiro atoms. The van der Waals surface area contributed by atoms with Gasteiger partial charge in [-0.25, -0.2) is 0 Å². The Labute approximate surface area is 75.1 Å². The molecule has 0 heterocycles. The molecule has 3 heteroatoms. The van der Waals surface area contributed by atoms with Crippen LogP contribution in [0.25, 0.3) is 0 Å². The fraction of sp³-hybridized carbons (Fsp3) is 1.00. The number of hydrogen-bond acceptors (Lipinski definition) is 3. The first kappa shape index (κ1) is 11.9. The van der Waals surface area contributed by atoms with Gasteiger partial charge in [-0.3, -0.25) is 0 Å². The molecular formula is C9H21NO2. The second kappa shape index (κ2) is 7.53. The van der Waals surface area contributed by atoms with Crippen LogP contribution in [0.15, 0.2) is 0 Å². The van der Waals surface area contributed by atoms with Gasteiger partial charge in [0.25, 0.3) is 0 Å². The van der Waals surface area contributed by atoms with E-state index in [9.17, 15) is 5.11 Å². The Morgan fingerprint density at radius 2 is 2.17 bits per heavy atom. The molecule has 0 aliphatic rings. The molecule has 2 unspecified atom stereocenters. The van der Waals surface area contributed by atoms with Crippen LogP contribution in [0.4, 0.5) is 0 Å². The highest BCUT2D eigenvalue weighted by atomic mass is 16.5. The molecule has 0 saturated carbocycles. The van der Waals surface area contributed by atoms with Gasteiger partial charge in [0.2, 0.25) is 0 Å². The van der Waals surface area contributed by atoms with Crippen LogP contribution < -0.4 is 5.32 Å². The van der Waals surface area contributed by atoms with E-state index in [4.69, 9.17) is 4.74 Å². The molecule has 0 rings (SSSR count). The number of aliphatic hydroxyl groups is 1. The summed E-state index contributed by atoms with van der Waals surface area (Å²) in [6.07, 6.45) is 2.77. The summed E-state index contributed by atoms with van der Waals surface area (Å²) in [5.41, 5.74) is 0. The monoisotopic (exact) mass is 175 g/mol. The highest BCUT2D eigenvalue weighted by Crippen LogP contribution is 2.04. The molecule has 0 aliphatic carbocycles. The first-order valence-corrected chi connectivity index (χ1v) is 4.60. The first-order chi connectivity index (χ1) is 5.76. The van der Waals surface area contributed by atoms with Gasteiger partial charge in [-0.2, -0.15) is 0 Å². The second-order valence-corrected chi connectivity index (χ2v) is 3.06. The number of methoxy groups -OCH3 is 1. The molecular weight excluding hydrogens is 154 g/mol. The van der Waals surface area contributed by atoms with Gasteiger partial charge >= 0.3 is 0 Å². The van der Waals surface area contributed by atoms with Gasteiger partial charge in [0.1, 0.15) is 0 Å². The Morgan fingerprint density at radius 1 is 1.50 bits per heavy atom. The molecule has 0 fully saturated rings. The molecule has 3 nitrogen and oxygen atoms in total. The predicted octanol–water partition coefficient (Wildman–Crippen LogP) is 0.772. The third-order valence-electron chi connectivity index (χ3n) is 2.03. The van der Waals surface area contributed by atoms with E-state index in [0.29, 0.717) is 6.61 Å². The van der Waals surface area contributed by atoms with E-state index < -0.39 is 0 Å². The minimum Gasteiger partial charge on any atom is -0.391 e. The normalized spacial score (nSPS) is 16.0. The maximum absolute atomic E-state index is 9.63. The maximum Gasteiger partial charge on any atom is 0.0715 e. The Morgan fingerprint density at radius 3 is 2.58 bits per heavy atom. The van der Waals surface area contributed by atoms with Crippen molar-refractivity contribution in [1.29, 1.82) is 0 Å². The van der Waals surface area contributed by atoms with E-state index in [-0.39, 0.29) is 12.1 Å². The zero-order valence-corrected chi connectivity index (χ0v) is 8.34. The Kier molecular flexibility index (Phi) is 7.45. The summed E-state index contributed by atoms with van der Waals surface area (Å²) in [7, 11) is 3.50.